The van der Waals surface area contributed by atoms with Gasteiger partial charge in [-0.25, -0.2) is 9.78 Å². The number of nitrogens with one attached hydrogen (secondary N) is 1. The highest BCUT2D eigenvalue weighted by Crippen LogP contribution is 2.27. The first kappa shape index (κ1) is 20.7. The number of ketones is 1. The Morgan fingerprint density at radius 1 is 1.13 bits per heavy atom. The van der Waals surface area contributed by atoms with E-state index in [0.29, 0.717) is 24.8 Å². The highest BCUT2D eigenvalue weighted by atomic mass is 16.6. The van der Waals surface area contributed by atoms with Crippen LogP contribution in [0.3, 0.4) is 0 Å². The second-order valence-electron chi connectivity index (χ2n) is 8.02. The molecule has 1 aromatic heterocycles. The average molecular weight is 419 g/mol. The number of rotatable bonds is 6. The van der Waals surface area contributed by atoms with E-state index in [1.807, 2.05) is 31.2 Å². The molecule has 2 aromatic rings. The minimum absolute atomic E-state index is 0.0513. The van der Waals surface area contributed by atoms with Crippen molar-refractivity contribution in [2.24, 2.45) is 10.9 Å². The molecule has 0 radical (unpaired) electrons. The van der Waals surface area contributed by atoms with Gasteiger partial charge in [0.05, 0.1) is 24.2 Å². The van der Waals surface area contributed by atoms with E-state index in [2.05, 4.69) is 34.1 Å². The Bertz CT molecular complexity index is 1050. The summed E-state index contributed by atoms with van der Waals surface area (Å²) in [5.74, 6) is 1.26. The van der Waals surface area contributed by atoms with Crippen molar-refractivity contribution in [2.75, 3.05) is 16.8 Å². The summed E-state index contributed by atoms with van der Waals surface area (Å²) in [6.45, 7) is 6.47. The molecule has 31 heavy (non-hydrogen) atoms. The molecule has 2 atom stereocenters. The standard InChI is InChI=1S/C23H25N5O3/c1-14(2)20-13-31-23(30)28(20)21-9-11-25-22(27-21)26-15(3)16-4-6-17(7-5-16)19-12-18(29)8-10-24-19/h4-11,14-15,20H,12-13H2,1-3H3,(H,25,26,27)/t15-,20+/m0/s1. The molecule has 1 N–H and O–H groups in total. The monoisotopic (exact) mass is 419 g/mol. The third-order valence-corrected chi connectivity index (χ3v) is 5.49. The van der Waals surface area contributed by atoms with Crippen LogP contribution in [-0.2, 0) is 9.53 Å². The maximum Gasteiger partial charge on any atom is 0.415 e. The third kappa shape index (κ3) is 4.47. The molecule has 0 aliphatic carbocycles. The van der Waals surface area contributed by atoms with Crippen molar-refractivity contribution in [3.8, 4) is 0 Å². The van der Waals surface area contributed by atoms with Crippen molar-refractivity contribution in [3.05, 3.63) is 59.9 Å². The van der Waals surface area contributed by atoms with Gasteiger partial charge in [-0.2, -0.15) is 4.98 Å². The van der Waals surface area contributed by atoms with Gasteiger partial charge in [0.15, 0.2) is 5.78 Å². The molecule has 1 fully saturated rings. The molecule has 0 bridgehead atoms. The van der Waals surface area contributed by atoms with Gasteiger partial charge in [0.25, 0.3) is 0 Å². The summed E-state index contributed by atoms with van der Waals surface area (Å²) >= 11 is 0. The van der Waals surface area contributed by atoms with Crippen LogP contribution in [0.1, 0.15) is 44.4 Å². The number of allylic oxidation sites excluding steroid dienone is 1. The summed E-state index contributed by atoms with van der Waals surface area (Å²) in [5.41, 5.74) is 2.74. The Kier molecular flexibility index (Phi) is 5.79. The van der Waals surface area contributed by atoms with Crippen LogP contribution in [-0.4, -0.2) is 40.2 Å². The summed E-state index contributed by atoms with van der Waals surface area (Å²) in [4.78, 5) is 38.6. The van der Waals surface area contributed by atoms with Crippen LogP contribution in [0.2, 0.25) is 0 Å². The highest BCUT2D eigenvalue weighted by Gasteiger charge is 2.37. The zero-order valence-electron chi connectivity index (χ0n) is 17.8. The van der Waals surface area contributed by atoms with Gasteiger partial charge in [-0.3, -0.25) is 14.7 Å². The zero-order chi connectivity index (χ0) is 22.0. The lowest BCUT2D eigenvalue weighted by Crippen LogP contribution is -2.37. The third-order valence-electron chi connectivity index (χ3n) is 5.49. The Morgan fingerprint density at radius 2 is 1.90 bits per heavy atom. The van der Waals surface area contributed by atoms with E-state index < -0.39 is 0 Å². The van der Waals surface area contributed by atoms with E-state index in [9.17, 15) is 9.59 Å². The molecular formula is C23H25N5O3. The first-order chi connectivity index (χ1) is 14.9. The van der Waals surface area contributed by atoms with E-state index in [-0.39, 0.29) is 29.9 Å². The normalized spacial score (nSPS) is 19.4. The van der Waals surface area contributed by atoms with Crippen molar-refractivity contribution >= 4 is 29.4 Å². The number of amides is 1. The van der Waals surface area contributed by atoms with Crippen LogP contribution in [0, 0.1) is 5.92 Å². The number of carbonyl (C=O) groups excluding carboxylic acids is 2. The molecule has 1 saturated heterocycles. The second-order valence-corrected chi connectivity index (χ2v) is 8.02. The Hall–Kier alpha value is -3.55. The molecule has 2 aliphatic rings. The van der Waals surface area contributed by atoms with Gasteiger partial charge in [-0.05, 0) is 36.1 Å². The lowest BCUT2D eigenvalue weighted by molar-refractivity contribution is -0.113. The highest BCUT2D eigenvalue weighted by molar-refractivity contribution is 6.15. The first-order valence-corrected chi connectivity index (χ1v) is 10.3. The van der Waals surface area contributed by atoms with Crippen molar-refractivity contribution < 1.29 is 14.3 Å². The largest absolute Gasteiger partial charge is 0.447 e. The number of nitrogens with zero attached hydrogens (tertiary/aromatic N) is 4. The van der Waals surface area contributed by atoms with Crippen LogP contribution in [0.5, 0.6) is 0 Å². The fourth-order valence-electron chi connectivity index (χ4n) is 3.64. The van der Waals surface area contributed by atoms with Crippen molar-refractivity contribution in [1.82, 2.24) is 9.97 Å². The molecular weight excluding hydrogens is 394 g/mol. The molecule has 8 nitrogen and oxygen atoms in total. The SMILES string of the molecule is CC(C)[C@H]1COC(=O)N1c1ccnc(N[C@@H](C)c2ccc(C3=NC=CC(=O)C3)cc2)n1. The fraction of sp³-hybridized carbons (Fsp3) is 0.348. The first-order valence-electron chi connectivity index (χ1n) is 10.3. The number of benzene rings is 1. The predicted molar refractivity (Wildman–Crippen MR) is 118 cm³/mol. The minimum atomic E-state index is -0.383. The van der Waals surface area contributed by atoms with Gasteiger partial charge in [-0.1, -0.05) is 38.1 Å². The van der Waals surface area contributed by atoms with E-state index in [4.69, 9.17) is 4.74 Å². The van der Waals surface area contributed by atoms with Gasteiger partial charge in [0, 0.05) is 12.4 Å². The smallest absolute Gasteiger partial charge is 0.415 e. The van der Waals surface area contributed by atoms with Gasteiger partial charge < -0.3 is 10.1 Å². The summed E-state index contributed by atoms with van der Waals surface area (Å²) in [6.07, 6.45) is 4.61. The number of carbonyl (C=O) groups is 2. The lowest BCUT2D eigenvalue weighted by Gasteiger charge is -2.23. The molecule has 160 valence electrons. The van der Waals surface area contributed by atoms with Crippen LogP contribution in [0.4, 0.5) is 16.6 Å². The van der Waals surface area contributed by atoms with Crippen LogP contribution in [0.25, 0.3) is 0 Å². The van der Waals surface area contributed by atoms with Crippen molar-refractivity contribution in [1.29, 1.82) is 0 Å². The van der Waals surface area contributed by atoms with Crippen LogP contribution < -0.4 is 10.2 Å². The quantitative estimate of drug-likeness (QED) is 0.763. The summed E-state index contributed by atoms with van der Waals surface area (Å²) in [7, 11) is 0. The minimum Gasteiger partial charge on any atom is -0.447 e. The molecule has 0 spiro atoms. The topological polar surface area (TPSA) is 96.8 Å². The Morgan fingerprint density at radius 3 is 2.61 bits per heavy atom. The molecule has 0 saturated carbocycles. The zero-order valence-corrected chi connectivity index (χ0v) is 17.8. The summed E-state index contributed by atoms with van der Waals surface area (Å²) in [6, 6.07) is 9.51. The Balaban J connectivity index is 1.48. The molecule has 3 heterocycles. The molecule has 1 amide bonds. The number of cyclic esters (lactones) is 1. The molecule has 8 heteroatoms. The number of ether oxygens (including phenoxy) is 1. The molecule has 1 aromatic carbocycles. The van der Waals surface area contributed by atoms with Crippen LogP contribution in [0.15, 0.2) is 53.8 Å². The maximum atomic E-state index is 12.2. The van der Waals surface area contributed by atoms with Crippen LogP contribution >= 0.6 is 0 Å². The summed E-state index contributed by atoms with van der Waals surface area (Å²) < 4.78 is 5.22. The maximum absolute atomic E-state index is 12.2. The van der Waals surface area contributed by atoms with Gasteiger partial charge in [0.1, 0.15) is 12.4 Å². The average Bonchev–Trinajstić information content (AvgIpc) is 3.16. The Labute approximate surface area is 181 Å². The second kappa shape index (κ2) is 8.67. The predicted octanol–water partition coefficient (Wildman–Crippen LogP) is 3.91. The number of aliphatic imine (C=N–C) groups is 1. The fourth-order valence-corrected chi connectivity index (χ4v) is 3.64. The summed E-state index contributed by atoms with van der Waals surface area (Å²) in [5, 5.41) is 3.29. The van der Waals surface area contributed by atoms with Crippen molar-refractivity contribution in [3.63, 3.8) is 0 Å². The molecule has 0 unspecified atom stereocenters. The van der Waals surface area contributed by atoms with Gasteiger partial charge in [-0.15, -0.1) is 0 Å². The number of anilines is 2. The van der Waals surface area contributed by atoms with Crippen molar-refractivity contribution in [2.45, 2.75) is 39.3 Å². The molecule has 2 aliphatic heterocycles. The van der Waals surface area contributed by atoms with E-state index in [0.717, 1.165) is 16.8 Å². The number of hydrogen-bond donors (Lipinski definition) is 1. The van der Waals surface area contributed by atoms with Gasteiger partial charge >= 0.3 is 6.09 Å². The van der Waals surface area contributed by atoms with Gasteiger partial charge in [0.2, 0.25) is 5.95 Å². The number of aromatic nitrogens is 2. The lowest BCUT2D eigenvalue weighted by atomic mass is 10.00. The van der Waals surface area contributed by atoms with E-state index in [1.54, 1.807) is 23.4 Å². The molecule has 4 rings (SSSR count). The van der Waals surface area contributed by atoms with E-state index in [1.165, 1.54) is 6.08 Å². The van der Waals surface area contributed by atoms with E-state index >= 15 is 0 Å². The number of hydrogen-bond acceptors (Lipinski definition) is 7.